The fourth-order valence-corrected chi connectivity index (χ4v) is 1.67. The first-order valence-corrected chi connectivity index (χ1v) is 5.75. The molecule has 0 aliphatic heterocycles. The number of aromatic nitrogens is 1. The Balaban J connectivity index is 1.96. The van der Waals surface area contributed by atoms with Crippen molar-refractivity contribution in [1.82, 2.24) is 4.98 Å². The number of carbonyl (C=O) groups is 1. The highest BCUT2D eigenvalue weighted by atomic mass is 16.1. The van der Waals surface area contributed by atoms with Crippen molar-refractivity contribution in [1.29, 1.82) is 0 Å². The van der Waals surface area contributed by atoms with Crippen LogP contribution in [0.1, 0.15) is 28.0 Å². The van der Waals surface area contributed by atoms with Gasteiger partial charge < -0.3 is 0 Å². The molecule has 1 aromatic carbocycles. The van der Waals surface area contributed by atoms with Crippen molar-refractivity contribution in [3.63, 3.8) is 0 Å². The van der Waals surface area contributed by atoms with Gasteiger partial charge in [-0.25, -0.2) is 0 Å². The van der Waals surface area contributed by atoms with Crippen LogP contribution >= 0.6 is 0 Å². The van der Waals surface area contributed by atoms with Crippen molar-refractivity contribution in [2.24, 2.45) is 0 Å². The van der Waals surface area contributed by atoms with E-state index in [1.54, 1.807) is 6.20 Å². The van der Waals surface area contributed by atoms with Gasteiger partial charge in [-0.3, -0.25) is 9.78 Å². The highest BCUT2D eigenvalue weighted by Crippen LogP contribution is 2.08. The van der Waals surface area contributed by atoms with Gasteiger partial charge in [0, 0.05) is 23.9 Å². The first-order valence-electron chi connectivity index (χ1n) is 5.75. The molecule has 1 heterocycles. The van der Waals surface area contributed by atoms with Gasteiger partial charge in [0.05, 0.1) is 0 Å². The van der Waals surface area contributed by atoms with E-state index in [-0.39, 0.29) is 5.78 Å². The Labute approximate surface area is 101 Å². The molecule has 2 rings (SSSR count). The van der Waals surface area contributed by atoms with E-state index in [0.717, 1.165) is 11.3 Å². The molecule has 0 N–H and O–H groups in total. The second-order valence-electron chi connectivity index (χ2n) is 4.11. The Hall–Kier alpha value is -1.96. The van der Waals surface area contributed by atoms with Crippen LogP contribution in [-0.2, 0) is 6.42 Å². The maximum absolute atomic E-state index is 11.9. The largest absolute Gasteiger partial charge is 0.294 e. The van der Waals surface area contributed by atoms with Crippen LogP contribution < -0.4 is 0 Å². The lowest BCUT2D eigenvalue weighted by atomic mass is 10.0. The standard InChI is InChI=1S/C15H15NO/c1-12-5-7-13(8-6-12)15(17)10-9-14-4-2-3-11-16-14/h2-8,11H,9-10H2,1H3. The molecule has 0 unspecified atom stereocenters. The molecule has 0 radical (unpaired) electrons. The van der Waals surface area contributed by atoms with E-state index in [4.69, 9.17) is 0 Å². The summed E-state index contributed by atoms with van der Waals surface area (Å²) < 4.78 is 0. The SMILES string of the molecule is Cc1ccc(C(=O)CCc2ccccn2)cc1. The minimum absolute atomic E-state index is 0.177. The number of ketones is 1. The van der Waals surface area contributed by atoms with Crippen molar-refractivity contribution in [3.8, 4) is 0 Å². The van der Waals surface area contributed by atoms with Gasteiger partial charge in [0.1, 0.15) is 0 Å². The Bertz CT molecular complexity index is 488. The zero-order valence-electron chi connectivity index (χ0n) is 9.89. The third-order valence-corrected chi connectivity index (χ3v) is 2.71. The third-order valence-electron chi connectivity index (χ3n) is 2.71. The Morgan fingerprint density at radius 3 is 2.53 bits per heavy atom. The van der Waals surface area contributed by atoms with E-state index in [0.29, 0.717) is 12.8 Å². The number of benzene rings is 1. The van der Waals surface area contributed by atoms with Gasteiger partial charge in [0.15, 0.2) is 5.78 Å². The van der Waals surface area contributed by atoms with E-state index in [1.165, 1.54) is 5.56 Å². The Morgan fingerprint density at radius 1 is 1.12 bits per heavy atom. The second-order valence-corrected chi connectivity index (χ2v) is 4.11. The lowest BCUT2D eigenvalue weighted by molar-refractivity contribution is 0.0982. The van der Waals surface area contributed by atoms with Crippen LogP contribution in [0.25, 0.3) is 0 Å². The van der Waals surface area contributed by atoms with Crippen LogP contribution in [0.15, 0.2) is 48.7 Å². The third kappa shape index (κ3) is 3.25. The predicted molar refractivity (Wildman–Crippen MR) is 68.1 cm³/mol. The summed E-state index contributed by atoms with van der Waals surface area (Å²) in [6.07, 6.45) is 2.97. The lowest BCUT2D eigenvalue weighted by Gasteiger charge is -2.01. The van der Waals surface area contributed by atoms with Crippen LogP contribution in [0, 0.1) is 6.92 Å². The fourth-order valence-electron chi connectivity index (χ4n) is 1.67. The van der Waals surface area contributed by atoms with Gasteiger partial charge >= 0.3 is 0 Å². The highest BCUT2D eigenvalue weighted by Gasteiger charge is 2.05. The van der Waals surface area contributed by atoms with Crippen molar-refractivity contribution in [2.45, 2.75) is 19.8 Å². The van der Waals surface area contributed by atoms with Gasteiger partial charge in [-0.2, -0.15) is 0 Å². The summed E-state index contributed by atoms with van der Waals surface area (Å²) in [5.41, 5.74) is 2.92. The highest BCUT2D eigenvalue weighted by molar-refractivity contribution is 5.96. The minimum atomic E-state index is 0.177. The Morgan fingerprint density at radius 2 is 1.88 bits per heavy atom. The van der Waals surface area contributed by atoms with Crippen molar-refractivity contribution < 1.29 is 4.79 Å². The van der Waals surface area contributed by atoms with Gasteiger partial charge in [-0.15, -0.1) is 0 Å². The van der Waals surface area contributed by atoms with Gasteiger partial charge in [0.2, 0.25) is 0 Å². The molecule has 0 saturated heterocycles. The first-order chi connectivity index (χ1) is 8.25. The molecule has 17 heavy (non-hydrogen) atoms. The lowest BCUT2D eigenvalue weighted by Crippen LogP contribution is -2.01. The van der Waals surface area contributed by atoms with Gasteiger partial charge in [-0.1, -0.05) is 35.9 Å². The first kappa shape index (κ1) is 11.5. The minimum Gasteiger partial charge on any atom is -0.294 e. The molecule has 0 fully saturated rings. The molecular weight excluding hydrogens is 210 g/mol. The number of carbonyl (C=O) groups excluding carboxylic acids is 1. The number of rotatable bonds is 4. The molecule has 0 saturated carbocycles. The average Bonchev–Trinajstić information content (AvgIpc) is 2.38. The van der Waals surface area contributed by atoms with Crippen molar-refractivity contribution >= 4 is 5.78 Å². The van der Waals surface area contributed by atoms with Gasteiger partial charge in [-0.05, 0) is 25.5 Å². The molecule has 0 spiro atoms. The summed E-state index contributed by atoms with van der Waals surface area (Å²) in [6.45, 7) is 2.02. The molecule has 0 bridgehead atoms. The predicted octanol–water partition coefficient (Wildman–Crippen LogP) is 3.21. The number of hydrogen-bond donors (Lipinski definition) is 0. The Kier molecular flexibility index (Phi) is 3.66. The summed E-state index contributed by atoms with van der Waals surface area (Å²) >= 11 is 0. The summed E-state index contributed by atoms with van der Waals surface area (Å²) in [5, 5.41) is 0. The molecule has 1 aromatic heterocycles. The molecule has 0 aliphatic carbocycles. The number of nitrogens with zero attached hydrogens (tertiary/aromatic N) is 1. The molecule has 0 atom stereocenters. The number of pyridine rings is 1. The molecular formula is C15H15NO. The van der Waals surface area contributed by atoms with E-state index in [9.17, 15) is 4.79 Å². The van der Waals surface area contributed by atoms with Crippen LogP contribution in [0.4, 0.5) is 0 Å². The second kappa shape index (κ2) is 5.39. The van der Waals surface area contributed by atoms with Gasteiger partial charge in [0.25, 0.3) is 0 Å². The van der Waals surface area contributed by atoms with Crippen molar-refractivity contribution in [3.05, 3.63) is 65.5 Å². The van der Waals surface area contributed by atoms with Crippen molar-refractivity contribution in [2.75, 3.05) is 0 Å². The quantitative estimate of drug-likeness (QED) is 0.748. The summed E-state index contributed by atoms with van der Waals surface area (Å²) in [5.74, 6) is 0.177. The summed E-state index contributed by atoms with van der Waals surface area (Å²) in [4.78, 5) is 16.1. The number of Topliss-reactive ketones (excluding diaryl/α,β-unsaturated/α-hetero) is 1. The van der Waals surface area contributed by atoms with Crippen LogP contribution in [0.3, 0.4) is 0 Å². The normalized spacial score (nSPS) is 10.2. The molecule has 2 aromatic rings. The van der Waals surface area contributed by atoms with Crippen LogP contribution in [-0.4, -0.2) is 10.8 Å². The molecule has 2 heteroatoms. The topological polar surface area (TPSA) is 30.0 Å². The summed E-state index contributed by atoms with van der Waals surface area (Å²) in [6, 6.07) is 13.5. The number of hydrogen-bond acceptors (Lipinski definition) is 2. The zero-order valence-corrected chi connectivity index (χ0v) is 9.89. The van der Waals surface area contributed by atoms with E-state index < -0.39 is 0 Å². The monoisotopic (exact) mass is 225 g/mol. The molecule has 86 valence electrons. The zero-order chi connectivity index (χ0) is 12.1. The molecule has 0 aliphatic rings. The summed E-state index contributed by atoms with van der Waals surface area (Å²) in [7, 11) is 0. The number of aryl methyl sites for hydroxylation is 2. The molecule has 0 amide bonds. The van der Waals surface area contributed by atoms with E-state index in [1.807, 2.05) is 49.4 Å². The van der Waals surface area contributed by atoms with Crippen LogP contribution in [0.5, 0.6) is 0 Å². The average molecular weight is 225 g/mol. The van der Waals surface area contributed by atoms with E-state index >= 15 is 0 Å². The van der Waals surface area contributed by atoms with E-state index in [2.05, 4.69) is 4.98 Å². The smallest absolute Gasteiger partial charge is 0.163 e. The maximum Gasteiger partial charge on any atom is 0.163 e. The van der Waals surface area contributed by atoms with Crippen LogP contribution in [0.2, 0.25) is 0 Å². The fraction of sp³-hybridized carbons (Fsp3) is 0.200. The molecule has 2 nitrogen and oxygen atoms in total. The maximum atomic E-state index is 11.9.